The van der Waals surface area contributed by atoms with Crippen molar-refractivity contribution in [2.45, 2.75) is 4.83 Å². The van der Waals surface area contributed by atoms with Gasteiger partial charge in [-0.25, -0.2) is 0 Å². The van der Waals surface area contributed by atoms with Crippen molar-refractivity contribution in [3.8, 4) is 5.75 Å². The smallest absolute Gasteiger partial charge is 0.138 e. The molecule has 1 atom stereocenters. The molecule has 0 spiro atoms. The number of hydrogen-bond donors (Lipinski definition) is 0. The van der Waals surface area contributed by atoms with Gasteiger partial charge in [-0.3, -0.25) is 0 Å². The lowest BCUT2D eigenvalue weighted by Gasteiger charge is -2.12. The Labute approximate surface area is 118 Å². The zero-order chi connectivity index (χ0) is 12.4. The van der Waals surface area contributed by atoms with Gasteiger partial charge in [-0.2, -0.15) is 0 Å². The van der Waals surface area contributed by atoms with E-state index in [0.29, 0.717) is 15.8 Å². The molecule has 0 fully saturated rings. The normalized spacial score (nSPS) is 12.5. The quantitative estimate of drug-likeness (QED) is 0.730. The molecule has 1 aromatic heterocycles. The summed E-state index contributed by atoms with van der Waals surface area (Å²) in [5.74, 6) is 1.33. The third-order valence-corrected chi connectivity index (χ3v) is 3.90. The Hall–Kier alpha value is -0.640. The standard InChI is InChI=1S/C12H9BrCl2O2/c1-16-11-6-8(14)7(5-9(11)15)12(13)10-3-2-4-17-10/h2-6,12H,1H3. The molecule has 0 saturated carbocycles. The van der Waals surface area contributed by atoms with Crippen LogP contribution in [0.1, 0.15) is 16.2 Å². The fourth-order valence-electron chi connectivity index (χ4n) is 1.48. The molecule has 0 amide bonds. The van der Waals surface area contributed by atoms with Crippen LogP contribution >= 0.6 is 39.1 Å². The summed E-state index contributed by atoms with van der Waals surface area (Å²) in [5, 5.41) is 1.09. The first-order valence-corrected chi connectivity index (χ1v) is 6.51. The van der Waals surface area contributed by atoms with Gasteiger partial charge in [0.05, 0.1) is 23.2 Å². The van der Waals surface area contributed by atoms with Gasteiger partial charge in [-0.15, -0.1) is 0 Å². The average Bonchev–Trinajstić information content (AvgIpc) is 2.84. The Kier molecular flexibility index (Phi) is 4.02. The molecule has 0 bridgehead atoms. The molecule has 0 N–H and O–H groups in total. The van der Waals surface area contributed by atoms with Gasteiger partial charge in [0.2, 0.25) is 0 Å². The summed E-state index contributed by atoms with van der Waals surface area (Å²) < 4.78 is 10.4. The highest BCUT2D eigenvalue weighted by atomic mass is 79.9. The maximum Gasteiger partial charge on any atom is 0.138 e. The second kappa shape index (κ2) is 5.34. The summed E-state index contributed by atoms with van der Waals surface area (Å²) in [4.78, 5) is -0.131. The van der Waals surface area contributed by atoms with Crippen LogP contribution in [-0.4, -0.2) is 7.11 Å². The largest absolute Gasteiger partial charge is 0.495 e. The molecule has 2 rings (SSSR count). The Morgan fingerprint density at radius 3 is 2.65 bits per heavy atom. The van der Waals surface area contributed by atoms with Crippen molar-refractivity contribution in [1.82, 2.24) is 0 Å². The zero-order valence-corrected chi connectivity index (χ0v) is 12.0. The number of rotatable bonds is 3. The van der Waals surface area contributed by atoms with E-state index in [2.05, 4.69) is 15.9 Å². The Bertz CT molecular complexity index is 511. The molecule has 90 valence electrons. The van der Waals surface area contributed by atoms with Gasteiger partial charge in [0.1, 0.15) is 11.5 Å². The molecule has 1 unspecified atom stereocenters. The maximum absolute atomic E-state index is 6.18. The van der Waals surface area contributed by atoms with E-state index in [1.54, 1.807) is 25.5 Å². The minimum atomic E-state index is -0.131. The average molecular weight is 336 g/mol. The predicted octanol–water partition coefficient (Wildman–Crippen LogP) is 5.08. The fraction of sp³-hybridized carbons (Fsp3) is 0.167. The second-order valence-corrected chi connectivity index (χ2v) is 5.12. The lowest BCUT2D eigenvalue weighted by atomic mass is 10.1. The van der Waals surface area contributed by atoms with Crippen molar-refractivity contribution < 1.29 is 9.15 Å². The summed E-state index contributed by atoms with van der Waals surface area (Å²) in [6, 6.07) is 7.15. The summed E-state index contributed by atoms with van der Waals surface area (Å²) in [6.07, 6.45) is 1.61. The molecule has 2 nitrogen and oxygen atoms in total. The summed E-state index contributed by atoms with van der Waals surface area (Å²) >= 11 is 15.8. The third kappa shape index (κ3) is 2.62. The zero-order valence-electron chi connectivity index (χ0n) is 8.91. The van der Waals surface area contributed by atoms with Crippen LogP contribution in [0.3, 0.4) is 0 Å². The molecular formula is C12H9BrCl2O2. The monoisotopic (exact) mass is 334 g/mol. The molecule has 0 radical (unpaired) electrons. The van der Waals surface area contributed by atoms with E-state index in [9.17, 15) is 0 Å². The van der Waals surface area contributed by atoms with Crippen LogP contribution in [0.4, 0.5) is 0 Å². The molecule has 17 heavy (non-hydrogen) atoms. The van der Waals surface area contributed by atoms with Gasteiger partial charge >= 0.3 is 0 Å². The van der Waals surface area contributed by atoms with Crippen LogP contribution in [-0.2, 0) is 0 Å². The highest BCUT2D eigenvalue weighted by Gasteiger charge is 2.18. The van der Waals surface area contributed by atoms with Crippen LogP contribution in [0.25, 0.3) is 0 Å². The first kappa shape index (κ1) is 12.8. The highest BCUT2D eigenvalue weighted by Crippen LogP contribution is 2.40. The minimum Gasteiger partial charge on any atom is -0.495 e. The molecule has 5 heteroatoms. The van der Waals surface area contributed by atoms with Crippen molar-refractivity contribution in [2.75, 3.05) is 7.11 Å². The number of hydrogen-bond acceptors (Lipinski definition) is 2. The van der Waals surface area contributed by atoms with Crippen molar-refractivity contribution >= 4 is 39.1 Å². The number of alkyl halides is 1. The SMILES string of the molecule is COc1cc(Cl)c(C(Br)c2ccco2)cc1Cl. The van der Waals surface area contributed by atoms with Crippen LogP contribution in [0.5, 0.6) is 5.75 Å². The number of furan rings is 1. The number of benzene rings is 1. The van der Waals surface area contributed by atoms with E-state index in [-0.39, 0.29) is 4.83 Å². The number of methoxy groups -OCH3 is 1. The van der Waals surface area contributed by atoms with E-state index >= 15 is 0 Å². The maximum atomic E-state index is 6.18. The third-order valence-electron chi connectivity index (χ3n) is 2.34. The molecule has 1 aromatic carbocycles. The van der Waals surface area contributed by atoms with Crippen molar-refractivity contribution in [3.05, 3.63) is 51.9 Å². The highest BCUT2D eigenvalue weighted by molar-refractivity contribution is 9.09. The first-order chi connectivity index (χ1) is 8.13. The van der Waals surface area contributed by atoms with Crippen LogP contribution < -0.4 is 4.74 Å². The summed E-state index contributed by atoms with van der Waals surface area (Å²) in [5.41, 5.74) is 0.840. The van der Waals surface area contributed by atoms with Crippen molar-refractivity contribution in [2.24, 2.45) is 0 Å². The predicted molar refractivity (Wildman–Crippen MR) is 72.5 cm³/mol. The van der Waals surface area contributed by atoms with E-state index in [4.69, 9.17) is 32.4 Å². The Morgan fingerprint density at radius 2 is 2.06 bits per heavy atom. The first-order valence-electron chi connectivity index (χ1n) is 4.84. The van der Waals surface area contributed by atoms with Gasteiger partial charge in [0.25, 0.3) is 0 Å². The topological polar surface area (TPSA) is 22.4 Å². The van der Waals surface area contributed by atoms with Gasteiger partial charge in [-0.05, 0) is 23.8 Å². The molecule has 0 aliphatic carbocycles. The molecule has 0 saturated heterocycles. The van der Waals surface area contributed by atoms with Gasteiger partial charge in [-0.1, -0.05) is 39.1 Å². The lowest BCUT2D eigenvalue weighted by Crippen LogP contribution is -1.94. The van der Waals surface area contributed by atoms with Gasteiger partial charge in [0, 0.05) is 11.1 Å². The lowest BCUT2D eigenvalue weighted by molar-refractivity contribution is 0.415. The van der Waals surface area contributed by atoms with E-state index < -0.39 is 0 Å². The number of ether oxygens (including phenoxy) is 1. The molecule has 0 aliphatic heterocycles. The van der Waals surface area contributed by atoms with Crippen molar-refractivity contribution in [3.63, 3.8) is 0 Å². The van der Waals surface area contributed by atoms with Gasteiger partial charge in [0.15, 0.2) is 0 Å². The Morgan fingerprint density at radius 1 is 1.29 bits per heavy atom. The number of halogens is 3. The summed E-state index contributed by atoms with van der Waals surface area (Å²) in [6.45, 7) is 0. The van der Waals surface area contributed by atoms with E-state index in [1.807, 2.05) is 12.1 Å². The molecular weight excluding hydrogens is 327 g/mol. The molecule has 0 aliphatic rings. The van der Waals surface area contributed by atoms with E-state index in [0.717, 1.165) is 11.3 Å². The van der Waals surface area contributed by atoms with Crippen LogP contribution in [0.2, 0.25) is 10.0 Å². The molecule has 1 heterocycles. The fourth-order valence-corrected chi connectivity index (χ4v) is 2.77. The van der Waals surface area contributed by atoms with E-state index in [1.165, 1.54) is 0 Å². The van der Waals surface area contributed by atoms with Gasteiger partial charge < -0.3 is 9.15 Å². The summed E-state index contributed by atoms with van der Waals surface area (Å²) in [7, 11) is 1.55. The van der Waals surface area contributed by atoms with Crippen LogP contribution in [0.15, 0.2) is 34.9 Å². The van der Waals surface area contributed by atoms with Crippen molar-refractivity contribution in [1.29, 1.82) is 0 Å². The second-order valence-electron chi connectivity index (χ2n) is 3.39. The minimum absolute atomic E-state index is 0.131. The Balaban J connectivity index is 2.42. The van der Waals surface area contributed by atoms with Crippen LogP contribution in [0, 0.1) is 0 Å². The molecule has 2 aromatic rings.